The molecule has 0 unspecified atom stereocenters. The second kappa shape index (κ2) is 7.97. The molecular formula is C21H25N3O. The van der Waals surface area contributed by atoms with E-state index in [1.807, 2.05) is 55.5 Å². The van der Waals surface area contributed by atoms with Crippen LogP contribution in [0.25, 0.3) is 0 Å². The lowest BCUT2D eigenvalue weighted by Crippen LogP contribution is -2.43. The highest BCUT2D eigenvalue weighted by Gasteiger charge is 2.26. The third-order valence-electron chi connectivity index (χ3n) is 4.67. The number of aliphatic imine (C=N–C) groups is 1. The molecule has 0 radical (unpaired) electrons. The maximum atomic E-state index is 12.7. The summed E-state index contributed by atoms with van der Waals surface area (Å²) in [6, 6.07) is 20.3. The fraction of sp³-hybridized carbons (Fsp3) is 0.333. The molecule has 4 heteroatoms. The third kappa shape index (κ3) is 4.27. The van der Waals surface area contributed by atoms with Gasteiger partial charge in [-0.25, -0.2) is 4.79 Å². The average molecular weight is 335 g/mol. The smallest absolute Gasteiger partial charge is 0.323 e. The molecule has 1 heterocycles. The Bertz CT molecular complexity index is 727. The van der Waals surface area contributed by atoms with Crippen molar-refractivity contribution in [3.8, 4) is 0 Å². The summed E-state index contributed by atoms with van der Waals surface area (Å²) in [4.78, 5) is 19.0. The average Bonchev–Trinajstić information content (AvgIpc) is 3.11. The van der Waals surface area contributed by atoms with Crippen LogP contribution < -0.4 is 5.32 Å². The van der Waals surface area contributed by atoms with Crippen LogP contribution in [0.15, 0.2) is 65.7 Å². The highest BCUT2D eigenvalue weighted by molar-refractivity contribution is 5.99. The Labute approximate surface area is 149 Å². The zero-order chi connectivity index (χ0) is 17.6. The van der Waals surface area contributed by atoms with Crippen LogP contribution in [0, 0.1) is 0 Å². The molecule has 1 N–H and O–H groups in total. The Hall–Kier alpha value is -2.62. The number of hydrogen-bond donors (Lipinski definition) is 1. The van der Waals surface area contributed by atoms with E-state index in [0.29, 0.717) is 19.0 Å². The molecule has 3 rings (SSSR count). The van der Waals surface area contributed by atoms with Crippen LogP contribution in [-0.2, 0) is 0 Å². The predicted octanol–water partition coefficient (Wildman–Crippen LogP) is 4.37. The fourth-order valence-electron chi connectivity index (χ4n) is 3.15. The van der Waals surface area contributed by atoms with Crippen molar-refractivity contribution < 1.29 is 4.79 Å². The highest BCUT2D eigenvalue weighted by atomic mass is 16.2. The molecule has 0 aromatic heterocycles. The van der Waals surface area contributed by atoms with Crippen LogP contribution in [0.4, 0.5) is 4.79 Å². The molecule has 4 nitrogen and oxygen atoms in total. The van der Waals surface area contributed by atoms with E-state index in [9.17, 15) is 4.79 Å². The predicted molar refractivity (Wildman–Crippen MR) is 102 cm³/mol. The van der Waals surface area contributed by atoms with Gasteiger partial charge in [-0.15, -0.1) is 0 Å². The van der Waals surface area contributed by atoms with Crippen molar-refractivity contribution in [3.05, 3.63) is 71.8 Å². The van der Waals surface area contributed by atoms with Gasteiger partial charge in [0.2, 0.25) is 0 Å². The topological polar surface area (TPSA) is 44.7 Å². The van der Waals surface area contributed by atoms with Crippen molar-refractivity contribution in [2.45, 2.75) is 32.2 Å². The Morgan fingerprint density at radius 3 is 2.28 bits per heavy atom. The van der Waals surface area contributed by atoms with Gasteiger partial charge in [-0.05, 0) is 24.0 Å². The van der Waals surface area contributed by atoms with Gasteiger partial charge in [0.25, 0.3) is 0 Å². The van der Waals surface area contributed by atoms with E-state index < -0.39 is 0 Å². The van der Waals surface area contributed by atoms with Crippen molar-refractivity contribution in [3.63, 3.8) is 0 Å². The quantitative estimate of drug-likeness (QED) is 0.866. The summed E-state index contributed by atoms with van der Waals surface area (Å²) in [6.45, 7) is 5.53. The molecule has 25 heavy (non-hydrogen) atoms. The number of carbonyl (C=O) groups is 1. The van der Waals surface area contributed by atoms with Gasteiger partial charge in [0.05, 0.1) is 12.6 Å². The van der Waals surface area contributed by atoms with Gasteiger partial charge >= 0.3 is 6.03 Å². The molecule has 1 aliphatic heterocycles. The van der Waals surface area contributed by atoms with Gasteiger partial charge in [0, 0.05) is 13.0 Å². The lowest BCUT2D eigenvalue weighted by atomic mass is 9.97. The summed E-state index contributed by atoms with van der Waals surface area (Å²) in [5.74, 6) is 1.22. The molecule has 0 aliphatic carbocycles. The number of urea groups is 1. The fourth-order valence-corrected chi connectivity index (χ4v) is 3.15. The number of amidine groups is 1. The summed E-state index contributed by atoms with van der Waals surface area (Å²) in [7, 11) is 0. The zero-order valence-electron chi connectivity index (χ0n) is 14.9. The number of carbonyl (C=O) groups excluding carboxylic acids is 1. The summed E-state index contributed by atoms with van der Waals surface area (Å²) in [5, 5.41) is 3.09. The maximum Gasteiger partial charge on any atom is 0.323 e. The third-order valence-corrected chi connectivity index (χ3v) is 4.67. The van der Waals surface area contributed by atoms with Gasteiger partial charge < -0.3 is 5.32 Å². The minimum absolute atomic E-state index is 0.0258. The number of hydrogen-bond acceptors (Lipinski definition) is 2. The molecule has 0 saturated carbocycles. The minimum Gasteiger partial charge on any atom is -0.331 e. The molecule has 0 bridgehead atoms. The largest absolute Gasteiger partial charge is 0.331 e. The summed E-state index contributed by atoms with van der Waals surface area (Å²) in [6.07, 6.45) is 0.775. The van der Waals surface area contributed by atoms with Gasteiger partial charge in [0.1, 0.15) is 5.84 Å². The minimum atomic E-state index is -0.0622. The molecule has 1 aliphatic rings. The van der Waals surface area contributed by atoms with Crippen LogP contribution >= 0.6 is 0 Å². The maximum absolute atomic E-state index is 12.7. The van der Waals surface area contributed by atoms with E-state index in [-0.39, 0.29) is 12.1 Å². The molecule has 2 amide bonds. The summed E-state index contributed by atoms with van der Waals surface area (Å²) in [5.41, 5.74) is 2.38. The van der Waals surface area contributed by atoms with E-state index in [0.717, 1.165) is 17.8 Å². The first kappa shape index (κ1) is 17.2. The van der Waals surface area contributed by atoms with Crippen molar-refractivity contribution in [2.75, 3.05) is 13.1 Å². The number of nitrogens with zero attached hydrogens (tertiary/aromatic N) is 2. The molecule has 130 valence electrons. The Morgan fingerprint density at radius 1 is 1.04 bits per heavy atom. The molecule has 0 saturated heterocycles. The normalized spacial score (nSPS) is 16.2. The molecule has 2 atom stereocenters. The van der Waals surface area contributed by atoms with Crippen molar-refractivity contribution in [1.29, 1.82) is 0 Å². The number of amides is 2. The van der Waals surface area contributed by atoms with Crippen LogP contribution in [0.5, 0.6) is 0 Å². The van der Waals surface area contributed by atoms with Gasteiger partial charge in [-0.3, -0.25) is 9.89 Å². The van der Waals surface area contributed by atoms with Gasteiger partial charge in [0.15, 0.2) is 0 Å². The zero-order valence-corrected chi connectivity index (χ0v) is 14.9. The standard InChI is InChI=1S/C21H25N3O/c1-16(18-9-5-3-6-10-18)15-20-22-13-14-24(20)21(25)23-17(2)19-11-7-4-8-12-19/h3-12,16-17H,13-15H2,1-2H3,(H,23,25)/t16-,17+/m1/s1. The van der Waals surface area contributed by atoms with E-state index in [1.165, 1.54) is 5.56 Å². The second-order valence-corrected chi connectivity index (χ2v) is 6.55. The van der Waals surface area contributed by atoms with Gasteiger partial charge in [-0.2, -0.15) is 0 Å². The monoisotopic (exact) mass is 335 g/mol. The van der Waals surface area contributed by atoms with Crippen LogP contribution in [0.3, 0.4) is 0 Å². The first-order valence-electron chi connectivity index (χ1n) is 8.86. The van der Waals surface area contributed by atoms with E-state index in [4.69, 9.17) is 0 Å². The highest BCUT2D eigenvalue weighted by Crippen LogP contribution is 2.22. The Balaban J connectivity index is 1.62. The number of nitrogens with one attached hydrogen (secondary N) is 1. The van der Waals surface area contributed by atoms with E-state index >= 15 is 0 Å². The summed E-state index contributed by atoms with van der Waals surface area (Å²) < 4.78 is 0. The van der Waals surface area contributed by atoms with Crippen molar-refractivity contribution in [1.82, 2.24) is 10.2 Å². The Kier molecular flexibility index (Phi) is 5.49. The first-order valence-corrected chi connectivity index (χ1v) is 8.86. The van der Waals surface area contributed by atoms with E-state index in [1.54, 1.807) is 4.90 Å². The summed E-state index contributed by atoms with van der Waals surface area (Å²) >= 11 is 0. The molecule has 0 spiro atoms. The lowest BCUT2D eigenvalue weighted by molar-refractivity contribution is 0.219. The van der Waals surface area contributed by atoms with Crippen molar-refractivity contribution >= 4 is 11.9 Å². The van der Waals surface area contributed by atoms with Gasteiger partial charge in [-0.1, -0.05) is 67.6 Å². The van der Waals surface area contributed by atoms with E-state index in [2.05, 4.69) is 29.4 Å². The molecule has 2 aromatic carbocycles. The number of rotatable bonds is 5. The van der Waals surface area contributed by atoms with Crippen LogP contribution in [0.2, 0.25) is 0 Å². The lowest BCUT2D eigenvalue weighted by Gasteiger charge is -2.24. The molecule has 0 fully saturated rings. The molecular weight excluding hydrogens is 310 g/mol. The molecule has 2 aromatic rings. The van der Waals surface area contributed by atoms with Crippen LogP contribution in [-0.4, -0.2) is 29.9 Å². The second-order valence-electron chi connectivity index (χ2n) is 6.55. The SMILES string of the molecule is C[C@H](CC1=NCCN1C(=O)N[C@@H](C)c1ccccc1)c1ccccc1. The number of benzene rings is 2. The van der Waals surface area contributed by atoms with Crippen LogP contribution in [0.1, 0.15) is 43.4 Å². The Morgan fingerprint density at radius 2 is 1.64 bits per heavy atom. The van der Waals surface area contributed by atoms with Crippen molar-refractivity contribution in [2.24, 2.45) is 4.99 Å². The first-order chi connectivity index (χ1) is 12.1.